The summed E-state index contributed by atoms with van der Waals surface area (Å²) in [7, 11) is 0. The molecule has 0 saturated heterocycles. The van der Waals surface area contributed by atoms with Gasteiger partial charge in [0.2, 0.25) is 0 Å². The van der Waals surface area contributed by atoms with Gasteiger partial charge in [-0.1, -0.05) is 0 Å². The summed E-state index contributed by atoms with van der Waals surface area (Å²) in [6, 6.07) is 0. The van der Waals surface area contributed by atoms with E-state index in [1.165, 1.54) is 6.26 Å². The molecule has 1 aliphatic rings. The lowest BCUT2D eigenvalue weighted by molar-refractivity contribution is 0.0108. The number of hydrogen-bond donors (Lipinski definition) is 1. The van der Waals surface area contributed by atoms with E-state index in [4.69, 9.17) is 9.84 Å². The number of alkyl halides is 2. The molecule has 4 heteroatoms. The quantitative estimate of drug-likeness (QED) is 0.666. The molecule has 1 N–H and O–H groups in total. The lowest BCUT2D eigenvalue weighted by atomic mass is 10.1. The van der Waals surface area contributed by atoms with Crippen molar-refractivity contribution < 1.29 is 18.6 Å². The Morgan fingerprint density at radius 1 is 1.55 bits per heavy atom. The van der Waals surface area contributed by atoms with Crippen LogP contribution >= 0.6 is 0 Å². The maximum Gasteiger partial charge on any atom is 0.268 e. The third kappa shape index (κ3) is 2.15. The first-order valence-electron chi connectivity index (χ1n) is 3.48. The van der Waals surface area contributed by atoms with Crippen LogP contribution in [0.2, 0.25) is 0 Å². The lowest BCUT2D eigenvalue weighted by Crippen LogP contribution is -2.22. The zero-order chi connectivity index (χ0) is 8.27. The van der Waals surface area contributed by atoms with E-state index in [0.29, 0.717) is 25.0 Å². The van der Waals surface area contributed by atoms with Crippen LogP contribution in [-0.4, -0.2) is 24.2 Å². The first kappa shape index (κ1) is 8.46. The maximum atomic E-state index is 11.9. The number of aliphatic hydroxyl groups is 1. The monoisotopic (exact) mass is 164 g/mol. The number of rotatable bonds is 2. The summed E-state index contributed by atoms with van der Waals surface area (Å²) in [6.45, 7) is 0.555. The van der Waals surface area contributed by atoms with E-state index in [2.05, 4.69) is 0 Å². The summed E-state index contributed by atoms with van der Waals surface area (Å²) >= 11 is 0. The molecule has 1 rings (SSSR count). The van der Waals surface area contributed by atoms with Gasteiger partial charge in [0.25, 0.3) is 6.43 Å². The average molecular weight is 164 g/mol. The molecule has 64 valence electrons. The summed E-state index contributed by atoms with van der Waals surface area (Å²) in [4.78, 5) is 0. The Morgan fingerprint density at radius 2 is 2.27 bits per heavy atom. The topological polar surface area (TPSA) is 29.5 Å². The lowest BCUT2D eigenvalue weighted by Gasteiger charge is -2.17. The smallest absolute Gasteiger partial charge is 0.268 e. The highest BCUT2D eigenvalue weighted by atomic mass is 19.3. The van der Waals surface area contributed by atoms with Gasteiger partial charge < -0.3 is 9.84 Å². The molecular formula is C7H10F2O2. The van der Waals surface area contributed by atoms with Crippen molar-refractivity contribution in [3.8, 4) is 0 Å². The molecule has 0 fully saturated rings. The van der Waals surface area contributed by atoms with Gasteiger partial charge in [0, 0.05) is 0 Å². The number of hydrogen-bond acceptors (Lipinski definition) is 2. The predicted octanol–water partition coefficient (Wildman–Crippen LogP) is 1.31. The summed E-state index contributed by atoms with van der Waals surface area (Å²) in [6.07, 6.45) is -1.90. The molecule has 2 nitrogen and oxygen atoms in total. The second-order valence-corrected chi connectivity index (χ2v) is 2.45. The van der Waals surface area contributed by atoms with Crippen LogP contribution in [-0.2, 0) is 4.74 Å². The van der Waals surface area contributed by atoms with Crippen molar-refractivity contribution in [2.75, 3.05) is 6.61 Å². The van der Waals surface area contributed by atoms with Crippen molar-refractivity contribution in [1.29, 1.82) is 0 Å². The van der Waals surface area contributed by atoms with Crippen molar-refractivity contribution in [2.24, 2.45) is 0 Å². The van der Waals surface area contributed by atoms with Gasteiger partial charge in [-0.2, -0.15) is 0 Å². The predicted molar refractivity (Wildman–Crippen MR) is 35.3 cm³/mol. The first-order valence-corrected chi connectivity index (χ1v) is 3.48. The fraction of sp³-hybridized carbons (Fsp3) is 0.714. The highest BCUT2D eigenvalue weighted by Crippen LogP contribution is 2.19. The zero-order valence-corrected chi connectivity index (χ0v) is 5.96. The Morgan fingerprint density at radius 3 is 2.73 bits per heavy atom. The van der Waals surface area contributed by atoms with Crippen molar-refractivity contribution in [3.63, 3.8) is 0 Å². The van der Waals surface area contributed by atoms with E-state index >= 15 is 0 Å². The first-order chi connectivity index (χ1) is 5.22. The third-order valence-corrected chi connectivity index (χ3v) is 1.58. The minimum atomic E-state index is -2.71. The molecule has 0 aromatic heterocycles. The Labute approximate surface area is 63.5 Å². The second kappa shape index (κ2) is 3.67. The molecule has 0 aliphatic carbocycles. The van der Waals surface area contributed by atoms with Crippen LogP contribution in [0.15, 0.2) is 11.8 Å². The molecule has 0 saturated carbocycles. The van der Waals surface area contributed by atoms with Crippen LogP contribution in [0.5, 0.6) is 0 Å². The van der Waals surface area contributed by atoms with E-state index in [0.717, 1.165) is 0 Å². The Bertz CT molecular complexity index is 157. The molecule has 1 aliphatic heterocycles. The summed E-state index contributed by atoms with van der Waals surface area (Å²) < 4.78 is 28.5. The number of halogens is 2. The van der Waals surface area contributed by atoms with E-state index in [9.17, 15) is 8.78 Å². The fourth-order valence-corrected chi connectivity index (χ4v) is 0.964. The molecule has 0 bridgehead atoms. The van der Waals surface area contributed by atoms with Crippen molar-refractivity contribution in [1.82, 2.24) is 0 Å². The van der Waals surface area contributed by atoms with Crippen LogP contribution in [0.25, 0.3) is 0 Å². The minimum Gasteiger partial charge on any atom is -0.501 e. The molecule has 1 heterocycles. The van der Waals surface area contributed by atoms with Crippen LogP contribution in [0.3, 0.4) is 0 Å². The van der Waals surface area contributed by atoms with Crippen LogP contribution < -0.4 is 0 Å². The van der Waals surface area contributed by atoms with E-state index in [1.54, 1.807) is 0 Å². The second-order valence-electron chi connectivity index (χ2n) is 2.45. The molecular weight excluding hydrogens is 154 g/mol. The van der Waals surface area contributed by atoms with Gasteiger partial charge in [-0.05, 0) is 18.4 Å². The van der Waals surface area contributed by atoms with Crippen molar-refractivity contribution in [3.05, 3.63) is 11.8 Å². The molecule has 1 unspecified atom stereocenters. The standard InChI is InChI=1S/C7H10F2O2/c8-7(9)6(10)5-2-1-3-11-4-5/h4,6-7,10H,1-3H2. The largest absolute Gasteiger partial charge is 0.501 e. The third-order valence-electron chi connectivity index (χ3n) is 1.58. The van der Waals surface area contributed by atoms with E-state index in [-0.39, 0.29) is 0 Å². The minimum absolute atomic E-state index is 0.297. The van der Waals surface area contributed by atoms with Gasteiger partial charge in [0.1, 0.15) is 6.10 Å². The molecule has 0 amide bonds. The molecule has 0 aromatic rings. The van der Waals surface area contributed by atoms with Gasteiger partial charge >= 0.3 is 0 Å². The molecule has 0 spiro atoms. The van der Waals surface area contributed by atoms with Crippen molar-refractivity contribution >= 4 is 0 Å². The highest BCUT2D eigenvalue weighted by molar-refractivity contribution is 5.07. The summed E-state index contributed by atoms with van der Waals surface area (Å²) in [5.41, 5.74) is 0.297. The highest BCUT2D eigenvalue weighted by Gasteiger charge is 2.22. The van der Waals surface area contributed by atoms with Gasteiger partial charge in [-0.25, -0.2) is 8.78 Å². The van der Waals surface area contributed by atoms with E-state index in [1.807, 2.05) is 0 Å². The fourth-order valence-electron chi connectivity index (χ4n) is 0.964. The molecule has 1 atom stereocenters. The Balaban J connectivity index is 2.51. The van der Waals surface area contributed by atoms with Crippen LogP contribution in [0, 0.1) is 0 Å². The molecule has 0 aromatic carbocycles. The summed E-state index contributed by atoms with van der Waals surface area (Å²) in [5, 5.41) is 8.85. The Hall–Kier alpha value is -0.640. The van der Waals surface area contributed by atoms with E-state index < -0.39 is 12.5 Å². The normalized spacial score (nSPS) is 20.9. The van der Waals surface area contributed by atoms with Crippen molar-refractivity contribution in [2.45, 2.75) is 25.4 Å². The summed E-state index contributed by atoms with van der Waals surface area (Å²) in [5.74, 6) is 0. The van der Waals surface area contributed by atoms with Crippen LogP contribution in [0.4, 0.5) is 8.78 Å². The average Bonchev–Trinajstić information content (AvgIpc) is 2.05. The molecule has 0 radical (unpaired) electrons. The zero-order valence-electron chi connectivity index (χ0n) is 5.96. The Kier molecular flexibility index (Phi) is 2.82. The number of ether oxygens (including phenoxy) is 1. The van der Waals surface area contributed by atoms with Gasteiger partial charge in [0.05, 0.1) is 12.9 Å². The molecule has 11 heavy (non-hydrogen) atoms. The van der Waals surface area contributed by atoms with Crippen LogP contribution in [0.1, 0.15) is 12.8 Å². The van der Waals surface area contributed by atoms with Gasteiger partial charge in [-0.15, -0.1) is 0 Å². The SMILES string of the molecule is OC(C1=COCCC1)C(F)F. The van der Waals surface area contributed by atoms with Gasteiger partial charge in [0.15, 0.2) is 0 Å². The maximum absolute atomic E-state index is 11.9. The van der Waals surface area contributed by atoms with Gasteiger partial charge in [-0.3, -0.25) is 0 Å². The number of aliphatic hydroxyl groups excluding tert-OH is 1.